The first-order valence-electron chi connectivity index (χ1n) is 10.3. The molecule has 0 bridgehead atoms. The van der Waals surface area contributed by atoms with Crippen molar-refractivity contribution in [2.24, 2.45) is 0 Å². The Bertz CT molecular complexity index is 930. The van der Waals surface area contributed by atoms with Crippen LogP contribution in [0, 0.1) is 0 Å². The van der Waals surface area contributed by atoms with E-state index >= 15 is 0 Å². The van der Waals surface area contributed by atoms with Gasteiger partial charge in [0.1, 0.15) is 6.17 Å². The molecule has 0 aliphatic carbocycles. The molecule has 2 heterocycles. The number of amides is 2. The summed E-state index contributed by atoms with van der Waals surface area (Å²) in [7, 11) is 0. The Morgan fingerprint density at radius 3 is 2.79 bits per heavy atom. The molecule has 6 heteroatoms. The maximum atomic E-state index is 13.1. The van der Waals surface area contributed by atoms with E-state index in [1.807, 2.05) is 35.2 Å². The molecule has 1 fully saturated rings. The van der Waals surface area contributed by atoms with Crippen LogP contribution in [0.3, 0.4) is 0 Å². The molecule has 2 aromatic carbocycles. The van der Waals surface area contributed by atoms with E-state index in [4.69, 9.17) is 11.6 Å². The Morgan fingerprint density at radius 2 is 2.00 bits per heavy atom. The van der Waals surface area contributed by atoms with Crippen molar-refractivity contribution in [1.29, 1.82) is 0 Å². The monoisotopic (exact) mass is 411 g/mol. The molecule has 0 saturated carbocycles. The van der Waals surface area contributed by atoms with Crippen LogP contribution in [-0.4, -0.2) is 36.0 Å². The van der Waals surface area contributed by atoms with Gasteiger partial charge in [0.2, 0.25) is 0 Å². The van der Waals surface area contributed by atoms with Crippen molar-refractivity contribution in [2.75, 3.05) is 18.0 Å². The Labute approximate surface area is 176 Å². The zero-order chi connectivity index (χ0) is 20.4. The summed E-state index contributed by atoms with van der Waals surface area (Å²) in [6.07, 6.45) is 4.39. The third kappa shape index (κ3) is 3.84. The zero-order valence-corrected chi connectivity index (χ0v) is 17.4. The van der Waals surface area contributed by atoms with Crippen molar-refractivity contribution < 1.29 is 9.59 Å². The maximum Gasteiger partial charge on any atom is 0.257 e. The summed E-state index contributed by atoms with van der Waals surface area (Å²) in [5.41, 5.74) is 2.99. The van der Waals surface area contributed by atoms with Gasteiger partial charge in [0.15, 0.2) is 0 Å². The molecule has 0 radical (unpaired) electrons. The SMILES string of the molecule is CCN1c2cc(C(=O)NCc3ccccc3Cl)ccc2C(=O)N2CCCCC[C@H]21. The third-order valence-corrected chi connectivity index (χ3v) is 6.25. The quantitative estimate of drug-likeness (QED) is 0.808. The molecule has 0 unspecified atom stereocenters. The van der Waals surface area contributed by atoms with E-state index in [1.165, 1.54) is 0 Å². The fourth-order valence-electron chi connectivity index (χ4n) is 4.36. The topological polar surface area (TPSA) is 52.7 Å². The van der Waals surface area contributed by atoms with Crippen LogP contribution >= 0.6 is 11.6 Å². The average molecular weight is 412 g/mol. The Kier molecular flexibility index (Phi) is 5.76. The molecule has 2 aromatic rings. The zero-order valence-electron chi connectivity index (χ0n) is 16.7. The lowest BCUT2D eigenvalue weighted by Gasteiger charge is -2.44. The number of anilines is 1. The highest BCUT2D eigenvalue weighted by atomic mass is 35.5. The number of hydrogen-bond donors (Lipinski definition) is 1. The largest absolute Gasteiger partial charge is 0.351 e. The number of nitrogens with one attached hydrogen (secondary N) is 1. The van der Waals surface area contributed by atoms with Crippen LogP contribution < -0.4 is 10.2 Å². The highest BCUT2D eigenvalue weighted by Crippen LogP contribution is 2.35. The van der Waals surface area contributed by atoms with Crippen LogP contribution in [0.1, 0.15) is 58.9 Å². The van der Waals surface area contributed by atoms with E-state index in [0.717, 1.165) is 50.0 Å². The summed E-state index contributed by atoms with van der Waals surface area (Å²) < 4.78 is 0. The minimum absolute atomic E-state index is 0.0830. The van der Waals surface area contributed by atoms with E-state index in [-0.39, 0.29) is 18.0 Å². The van der Waals surface area contributed by atoms with E-state index in [9.17, 15) is 9.59 Å². The molecule has 5 nitrogen and oxygen atoms in total. The molecule has 2 amide bonds. The first-order chi connectivity index (χ1) is 14.1. The fourth-order valence-corrected chi connectivity index (χ4v) is 4.56. The van der Waals surface area contributed by atoms with Gasteiger partial charge in [-0.25, -0.2) is 0 Å². The molecule has 1 saturated heterocycles. The smallest absolute Gasteiger partial charge is 0.257 e. The summed E-state index contributed by atoms with van der Waals surface area (Å²) >= 11 is 6.18. The van der Waals surface area contributed by atoms with Crippen LogP contribution in [0.15, 0.2) is 42.5 Å². The number of fused-ring (bicyclic) bond motifs is 2. The second-order valence-corrected chi connectivity index (χ2v) is 8.03. The lowest BCUT2D eigenvalue weighted by atomic mass is 10.0. The number of carbonyl (C=O) groups is 2. The predicted octanol–water partition coefficient (Wildman–Crippen LogP) is 4.45. The van der Waals surface area contributed by atoms with Gasteiger partial charge in [0, 0.05) is 30.2 Å². The van der Waals surface area contributed by atoms with Crippen molar-refractivity contribution in [3.63, 3.8) is 0 Å². The van der Waals surface area contributed by atoms with Crippen molar-refractivity contribution >= 4 is 29.1 Å². The molecule has 2 aliphatic heterocycles. The van der Waals surface area contributed by atoms with E-state index in [1.54, 1.807) is 12.1 Å². The van der Waals surface area contributed by atoms with Crippen LogP contribution in [0.5, 0.6) is 0 Å². The standard InChI is InChI=1S/C23H26ClN3O2/c1-2-26-20-14-16(22(28)25-15-17-8-5-6-9-19(17)24)11-12-18(20)23(29)27-13-7-3-4-10-21(26)27/h5-6,8-9,11-12,14,21H,2-4,7,10,13,15H2,1H3,(H,25,28)/t21-/m0/s1. The number of halogens is 1. The van der Waals surface area contributed by atoms with E-state index in [2.05, 4.69) is 17.1 Å². The summed E-state index contributed by atoms with van der Waals surface area (Å²) in [6.45, 7) is 4.07. The highest BCUT2D eigenvalue weighted by Gasteiger charge is 2.37. The lowest BCUT2D eigenvalue weighted by Crippen LogP contribution is -2.55. The van der Waals surface area contributed by atoms with Gasteiger partial charge < -0.3 is 15.1 Å². The molecule has 2 aliphatic rings. The first kappa shape index (κ1) is 19.8. The summed E-state index contributed by atoms with van der Waals surface area (Å²) in [4.78, 5) is 30.1. The molecule has 0 spiro atoms. The Balaban J connectivity index is 1.59. The van der Waals surface area contributed by atoms with Crippen molar-refractivity contribution in [1.82, 2.24) is 10.2 Å². The maximum absolute atomic E-state index is 13.1. The van der Waals surface area contributed by atoms with E-state index < -0.39 is 0 Å². The molecule has 152 valence electrons. The third-order valence-electron chi connectivity index (χ3n) is 5.88. The average Bonchev–Trinajstić information content (AvgIpc) is 2.99. The molecule has 1 N–H and O–H groups in total. The van der Waals surface area contributed by atoms with Crippen LogP contribution in [0.25, 0.3) is 0 Å². The molecular formula is C23H26ClN3O2. The minimum atomic E-state index is -0.167. The predicted molar refractivity (Wildman–Crippen MR) is 115 cm³/mol. The van der Waals surface area contributed by atoms with Gasteiger partial charge >= 0.3 is 0 Å². The van der Waals surface area contributed by atoms with E-state index in [0.29, 0.717) is 22.7 Å². The van der Waals surface area contributed by atoms with Crippen molar-refractivity contribution in [2.45, 2.75) is 45.3 Å². The van der Waals surface area contributed by atoms with Gasteiger partial charge in [-0.15, -0.1) is 0 Å². The highest BCUT2D eigenvalue weighted by molar-refractivity contribution is 6.31. The number of benzene rings is 2. The fraction of sp³-hybridized carbons (Fsp3) is 0.391. The van der Waals surface area contributed by atoms with Crippen LogP contribution in [0.2, 0.25) is 5.02 Å². The van der Waals surface area contributed by atoms with Crippen molar-refractivity contribution in [3.05, 3.63) is 64.2 Å². The summed E-state index contributed by atoms with van der Waals surface area (Å²) in [6, 6.07) is 12.9. The second kappa shape index (κ2) is 8.46. The number of rotatable bonds is 4. The van der Waals surface area contributed by atoms with Crippen LogP contribution in [0.4, 0.5) is 5.69 Å². The van der Waals surface area contributed by atoms with Gasteiger partial charge in [-0.05, 0) is 56.0 Å². The lowest BCUT2D eigenvalue weighted by molar-refractivity contribution is 0.0656. The van der Waals surface area contributed by atoms with Gasteiger partial charge in [-0.2, -0.15) is 0 Å². The normalized spacial score (nSPS) is 18.7. The van der Waals surface area contributed by atoms with Crippen molar-refractivity contribution in [3.8, 4) is 0 Å². The van der Waals surface area contributed by atoms with Crippen LogP contribution in [-0.2, 0) is 6.54 Å². The van der Waals surface area contributed by atoms with Gasteiger partial charge in [0.05, 0.1) is 11.3 Å². The molecule has 4 rings (SSSR count). The molecule has 1 atom stereocenters. The summed E-state index contributed by atoms with van der Waals surface area (Å²) in [5, 5.41) is 3.57. The number of carbonyl (C=O) groups excluding carboxylic acids is 2. The summed E-state index contributed by atoms with van der Waals surface area (Å²) in [5.74, 6) is -0.0841. The van der Waals surface area contributed by atoms with Gasteiger partial charge in [-0.1, -0.05) is 36.2 Å². The van der Waals surface area contributed by atoms with Gasteiger partial charge in [-0.3, -0.25) is 9.59 Å². The molecule has 0 aromatic heterocycles. The minimum Gasteiger partial charge on any atom is -0.351 e. The van der Waals surface area contributed by atoms with Gasteiger partial charge in [0.25, 0.3) is 11.8 Å². The number of nitrogens with zero attached hydrogens (tertiary/aromatic N) is 2. The Hall–Kier alpha value is -2.53. The first-order valence-corrected chi connectivity index (χ1v) is 10.7. The molecular weight excluding hydrogens is 386 g/mol. The Morgan fingerprint density at radius 1 is 1.17 bits per heavy atom. The number of hydrogen-bond acceptors (Lipinski definition) is 3. The second-order valence-electron chi connectivity index (χ2n) is 7.62. The molecule has 29 heavy (non-hydrogen) atoms.